The van der Waals surface area contributed by atoms with Crippen LogP contribution in [-0.4, -0.2) is 12.5 Å². The number of hydrogen-bond acceptors (Lipinski definition) is 2. The number of nitrogens with one attached hydrogen (secondary N) is 1. The Bertz CT molecular complexity index is 631. The molecule has 0 aliphatic heterocycles. The molecule has 0 unspecified atom stereocenters. The molecule has 0 spiro atoms. The first kappa shape index (κ1) is 14.3. The van der Waals surface area contributed by atoms with Crippen LogP contribution in [0.2, 0.25) is 5.02 Å². The van der Waals surface area contributed by atoms with E-state index in [0.717, 1.165) is 5.56 Å². The number of halogens is 2. The average Bonchev–Trinajstić information content (AvgIpc) is 2.42. The van der Waals surface area contributed by atoms with Crippen molar-refractivity contribution in [1.29, 1.82) is 0 Å². The van der Waals surface area contributed by atoms with Crippen molar-refractivity contribution in [1.82, 2.24) is 0 Å². The first-order valence-corrected chi connectivity index (χ1v) is 6.37. The van der Waals surface area contributed by atoms with E-state index in [0.29, 0.717) is 10.8 Å². The van der Waals surface area contributed by atoms with E-state index in [2.05, 4.69) is 5.32 Å². The maximum Gasteiger partial charge on any atom is 0.262 e. The molecule has 2 aromatic carbocycles. The fraction of sp³-hybridized carbons (Fsp3) is 0.133. The van der Waals surface area contributed by atoms with E-state index in [-0.39, 0.29) is 12.3 Å². The van der Waals surface area contributed by atoms with Gasteiger partial charge in [-0.3, -0.25) is 4.79 Å². The summed E-state index contributed by atoms with van der Waals surface area (Å²) in [6.45, 7) is 1.65. The van der Waals surface area contributed by atoms with Gasteiger partial charge < -0.3 is 10.1 Å². The third kappa shape index (κ3) is 3.71. The third-order valence-corrected chi connectivity index (χ3v) is 2.91. The number of rotatable bonds is 4. The topological polar surface area (TPSA) is 38.3 Å². The van der Waals surface area contributed by atoms with Gasteiger partial charge in [0.05, 0.1) is 10.7 Å². The van der Waals surface area contributed by atoms with Gasteiger partial charge in [-0.2, -0.15) is 0 Å². The molecule has 0 atom stereocenters. The Morgan fingerprint density at radius 2 is 2.05 bits per heavy atom. The SMILES string of the molecule is Cc1ccc(Cl)c(OCC(=O)Nc2ccccc2F)c1. The third-order valence-electron chi connectivity index (χ3n) is 2.59. The minimum Gasteiger partial charge on any atom is -0.482 e. The van der Waals surface area contributed by atoms with Gasteiger partial charge in [-0.15, -0.1) is 0 Å². The number of carbonyl (C=O) groups is 1. The highest BCUT2D eigenvalue weighted by molar-refractivity contribution is 6.32. The molecular formula is C15H13ClFNO2. The van der Waals surface area contributed by atoms with Crippen LogP contribution in [0.3, 0.4) is 0 Å². The summed E-state index contributed by atoms with van der Waals surface area (Å²) in [6, 6.07) is 11.2. The minimum atomic E-state index is -0.491. The molecular weight excluding hydrogens is 281 g/mol. The van der Waals surface area contributed by atoms with Gasteiger partial charge in [-0.05, 0) is 36.8 Å². The Kier molecular flexibility index (Phi) is 4.58. The lowest BCUT2D eigenvalue weighted by molar-refractivity contribution is -0.118. The van der Waals surface area contributed by atoms with Gasteiger partial charge in [0, 0.05) is 0 Å². The van der Waals surface area contributed by atoms with Crippen molar-refractivity contribution in [3.05, 3.63) is 58.9 Å². The summed E-state index contributed by atoms with van der Waals surface area (Å²) >= 11 is 5.95. The number of ether oxygens (including phenoxy) is 1. The van der Waals surface area contributed by atoms with E-state index in [1.165, 1.54) is 12.1 Å². The molecule has 0 bridgehead atoms. The van der Waals surface area contributed by atoms with Crippen LogP contribution >= 0.6 is 11.6 Å². The molecule has 5 heteroatoms. The lowest BCUT2D eigenvalue weighted by Crippen LogP contribution is -2.20. The molecule has 2 rings (SSSR count). The Hall–Kier alpha value is -2.07. The van der Waals surface area contributed by atoms with Gasteiger partial charge >= 0.3 is 0 Å². The number of benzene rings is 2. The summed E-state index contributed by atoms with van der Waals surface area (Å²) in [5, 5.41) is 2.86. The zero-order chi connectivity index (χ0) is 14.5. The quantitative estimate of drug-likeness (QED) is 0.931. The number of amides is 1. The summed E-state index contributed by atoms with van der Waals surface area (Å²) < 4.78 is 18.7. The number of anilines is 1. The largest absolute Gasteiger partial charge is 0.482 e. The summed E-state index contributed by atoms with van der Waals surface area (Å²) in [7, 11) is 0. The van der Waals surface area contributed by atoms with E-state index >= 15 is 0 Å². The number of aryl methyl sites for hydroxylation is 1. The van der Waals surface area contributed by atoms with Gasteiger partial charge in [-0.25, -0.2) is 4.39 Å². The van der Waals surface area contributed by atoms with Crippen molar-refractivity contribution < 1.29 is 13.9 Å². The first-order chi connectivity index (χ1) is 9.56. The lowest BCUT2D eigenvalue weighted by atomic mass is 10.2. The van der Waals surface area contributed by atoms with Crippen molar-refractivity contribution in [2.75, 3.05) is 11.9 Å². The minimum absolute atomic E-state index is 0.122. The predicted molar refractivity (Wildman–Crippen MR) is 76.7 cm³/mol. The second-order valence-electron chi connectivity index (χ2n) is 4.25. The van der Waals surface area contributed by atoms with Crippen LogP contribution in [-0.2, 0) is 4.79 Å². The fourth-order valence-corrected chi connectivity index (χ4v) is 1.79. The fourth-order valence-electron chi connectivity index (χ4n) is 1.61. The van der Waals surface area contributed by atoms with E-state index in [4.69, 9.17) is 16.3 Å². The molecule has 0 fully saturated rings. The average molecular weight is 294 g/mol. The van der Waals surface area contributed by atoms with E-state index < -0.39 is 11.7 Å². The van der Waals surface area contributed by atoms with Crippen LogP contribution in [0.4, 0.5) is 10.1 Å². The standard InChI is InChI=1S/C15H13ClFNO2/c1-10-6-7-11(16)14(8-10)20-9-15(19)18-13-5-3-2-4-12(13)17/h2-8H,9H2,1H3,(H,18,19). The molecule has 0 aromatic heterocycles. The van der Waals surface area contributed by atoms with Crippen LogP contribution in [0.1, 0.15) is 5.56 Å². The number of carbonyl (C=O) groups excluding carboxylic acids is 1. The summed E-state index contributed by atoms with van der Waals surface area (Å²) in [6.07, 6.45) is 0. The second kappa shape index (κ2) is 6.39. The molecule has 0 heterocycles. The zero-order valence-corrected chi connectivity index (χ0v) is 11.6. The van der Waals surface area contributed by atoms with E-state index in [1.54, 1.807) is 24.3 Å². The van der Waals surface area contributed by atoms with Gasteiger partial charge in [0.15, 0.2) is 6.61 Å². The molecule has 2 aromatic rings. The molecule has 1 N–H and O–H groups in total. The zero-order valence-electron chi connectivity index (χ0n) is 10.8. The molecule has 0 aliphatic carbocycles. The summed E-state index contributed by atoms with van der Waals surface area (Å²) in [5.41, 5.74) is 1.09. The van der Waals surface area contributed by atoms with Crippen molar-refractivity contribution in [2.24, 2.45) is 0 Å². The number of para-hydroxylation sites is 1. The molecule has 3 nitrogen and oxygen atoms in total. The van der Waals surface area contributed by atoms with Gasteiger partial charge in [0.2, 0.25) is 0 Å². The molecule has 20 heavy (non-hydrogen) atoms. The van der Waals surface area contributed by atoms with Crippen LogP contribution in [0.15, 0.2) is 42.5 Å². The normalized spacial score (nSPS) is 10.2. The smallest absolute Gasteiger partial charge is 0.262 e. The van der Waals surface area contributed by atoms with Crippen LogP contribution in [0.25, 0.3) is 0 Å². The molecule has 1 amide bonds. The van der Waals surface area contributed by atoms with Crippen molar-refractivity contribution in [3.8, 4) is 5.75 Å². The van der Waals surface area contributed by atoms with Gasteiger partial charge in [0.1, 0.15) is 11.6 Å². The van der Waals surface area contributed by atoms with E-state index in [9.17, 15) is 9.18 Å². The lowest BCUT2D eigenvalue weighted by Gasteiger charge is -2.09. The highest BCUT2D eigenvalue weighted by Crippen LogP contribution is 2.25. The molecule has 0 saturated heterocycles. The Morgan fingerprint density at radius 3 is 2.80 bits per heavy atom. The maximum atomic E-state index is 13.4. The highest BCUT2D eigenvalue weighted by Gasteiger charge is 2.08. The Balaban J connectivity index is 1.96. The second-order valence-corrected chi connectivity index (χ2v) is 4.66. The predicted octanol–water partition coefficient (Wildman–Crippen LogP) is 3.81. The van der Waals surface area contributed by atoms with Crippen LogP contribution < -0.4 is 10.1 Å². The number of hydrogen-bond donors (Lipinski definition) is 1. The van der Waals surface area contributed by atoms with Crippen molar-refractivity contribution >= 4 is 23.2 Å². The monoisotopic (exact) mass is 293 g/mol. The van der Waals surface area contributed by atoms with Crippen molar-refractivity contribution in [2.45, 2.75) is 6.92 Å². The Morgan fingerprint density at radius 1 is 1.30 bits per heavy atom. The summed E-state index contributed by atoms with van der Waals surface area (Å²) in [4.78, 5) is 11.7. The van der Waals surface area contributed by atoms with Crippen LogP contribution in [0.5, 0.6) is 5.75 Å². The molecule has 0 saturated carbocycles. The van der Waals surface area contributed by atoms with Gasteiger partial charge in [-0.1, -0.05) is 29.8 Å². The molecule has 0 radical (unpaired) electrons. The van der Waals surface area contributed by atoms with E-state index in [1.807, 2.05) is 13.0 Å². The van der Waals surface area contributed by atoms with Crippen LogP contribution in [0, 0.1) is 12.7 Å². The van der Waals surface area contributed by atoms with Crippen molar-refractivity contribution in [3.63, 3.8) is 0 Å². The first-order valence-electron chi connectivity index (χ1n) is 5.99. The summed E-state index contributed by atoms with van der Waals surface area (Å²) in [5.74, 6) is -0.516. The highest BCUT2D eigenvalue weighted by atomic mass is 35.5. The Labute approximate surface area is 121 Å². The molecule has 104 valence electrons. The molecule has 0 aliphatic rings. The maximum absolute atomic E-state index is 13.4. The van der Waals surface area contributed by atoms with Gasteiger partial charge in [0.25, 0.3) is 5.91 Å².